The molecule has 0 radical (unpaired) electrons. The average Bonchev–Trinajstić information content (AvgIpc) is 3.47. The summed E-state index contributed by atoms with van der Waals surface area (Å²) in [6.07, 6.45) is 0.803. The Labute approximate surface area is 276 Å². The van der Waals surface area contributed by atoms with Crippen molar-refractivity contribution in [3.05, 3.63) is 126 Å². The lowest BCUT2D eigenvalue weighted by molar-refractivity contribution is -0.276. The molecule has 0 spiro atoms. The van der Waals surface area contributed by atoms with E-state index in [0.717, 1.165) is 44.4 Å². The fraction of sp³-hybridized carbons (Fsp3) is 0.257. The number of aromatic nitrogens is 2. The number of amides is 1. The summed E-state index contributed by atoms with van der Waals surface area (Å²) < 4.78 is 13.5. The molecule has 1 fully saturated rings. The van der Waals surface area contributed by atoms with Gasteiger partial charge in [0.2, 0.25) is 0 Å². The van der Waals surface area contributed by atoms with Gasteiger partial charge < -0.3 is 24.5 Å². The number of halogens is 3. The molecule has 1 aromatic heterocycles. The topological polar surface area (TPSA) is 85.6 Å². The van der Waals surface area contributed by atoms with E-state index in [1.807, 2.05) is 91.3 Å². The standard InChI is InChI=1S/C35H32Cl3N3O4/c1-22-31(19-41-21-40-29-10-2-3-11-30(29)41)44-33(45-32(22)25-14-12-23(20-42)13-15-25)28-9-5-8-27(17-28)26-7-4-6-24(16-26)18-39-34(43)35(36,37)38/h2-17,21-22,31-33,42H,18-20H2,1H3,(H,39,43)/t22-,31+,32+,33+/m1/s1. The van der Waals surface area contributed by atoms with Gasteiger partial charge in [-0.1, -0.05) is 115 Å². The normalized spacial score (nSPS) is 20.3. The van der Waals surface area contributed by atoms with Crippen molar-refractivity contribution < 1.29 is 19.4 Å². The maximum absolute atomic E-state index is 12.0. The Balaban J connectivity index is 1.28. The average molecular weight is 665 g/mol. The minimum absolute atomic E-state index is 0.0172. The van der Waals surface area contributed by atoms with Crippen LogP contribution in [0.25, 0.3) is 22.2 Å². The van der Waals surface area contributed by atoms with Crippen LogP contribution in [0, 0.1) is 5.92 Å². The van der Waals surface area contributed by atoms with E-state index in [1.54, 1.807) is 0 Å². The van der Waals surface area contributed by atoms with E-state index in [4.69, 9.17) is 44.3 Å². The van der Waals surface area contributed by atoms with E-state index in [-0.39, 0.29) is 31.3 Å². The molecule has 4 aromatic carbocycles. The molecular formula is C35H32Cl3N3O4. The summed E-state index contributed by atoms with van der Waals surface area (Å²) in [5, 5.41) is 12.2. The molecular weight excluding hydrogens is 633 g/mol. The highest BCUT2D eigenvalue weighted by Gasteiger charge is 2.39. The fourth-order valence-corrected chi connectivity index (χ4v) is 5.89. The third kappa shape index (κ3) is 7.20. The Kier molecular flexibility index (Phi) is 9.47. The number of aliphatic hydroxyl groups is 1. The second-order valence-corrected chi connectivity index (χ2v) is 13.5. The van der Waals surface area contributed by atoms with Crippen molar-refractivity contribution in [3.8, 4) is 11.1 Å². The molecule has 1 aliphatic rings. The summed E-state index contributed by atoms with van der Waals surface area (Å²) in [7, 11) is 0. The van der Waals surface area contributed by atoms with E-state index in [0.29, 0.717) is 6.54 Å². The largest absolute Gasteiger partial charge is 0.392 e. The van der Waals surface area contributed by atoms with E-state index < -0.39 is 16.0 Å². The van der Waals surface area contributed by atoms with Gasteiger partial charge in [0.05, 0.1) is 42.7 Å². The second-order valence-electron chi connectivity index (χ2n) is 11.2. The zero-order chi connectivity index (χ0) is 31.6. The van der Waals surface area contributed by atoms with Gasteiger partial charge >= 0.3 is 0 Å². The number of para-hydroxylation sites is 2. The van der Waals surface area contributed by atoms with E-state index in [9.17, 15) is 9.90 Å². The maximum Gasteiger partial charge on any atom is 0.272 e. The number of hydrogen-bond acceptors (Lipinski definition) is 5. The highest BCUT2D eigenvalue weighted by molar-refractivity contribution is 6.76. The van der Waals surface area contributed by atoms with Crippen LogP contribution in [0.15, 0.2) is 103 Å². The highest BCUT2D eigenvalue weighted by atomic mass is 35.6. The van der Waals surface area contributed by atoms with Crippen molar-refractivity contribution in [2.75, 3.05) is 0 Å². The predicted molar refractivity (Wildman–Crippen MR) is 177 cm³/mol. The number of fused-ring (bicyclic) bond motifs is 1. The van der Waals surface area contributed by atoms with Crippen LogP contribution in [-0.4, -0.2) is 30.5 Å². The Bertz CT molecular complexity index is 1790. The lowest BCUT2D eigenvalue weighted by atomic mass is 9.90. The number of aliphatic hydroxyl groups excluding tert-OH is 1. The van der Waals surface area contributed by atoms with Crippen molar-refractivity contribution >= 4 is 51.7 Å². The minimum Gasteiger partial charge on any atom is -0.392 e. The third-order valence-corrected chi connectivity index (χ3v) is 8.67. The van der Waals surface area contributed by atoms with Gasteiger partial charge in [-0.05, 0) is 52.1 Å². The van der Waals surface area contributed by atoms with Crippen LogP contribution in [0.5, 0.6) is 0 Å². The zero-order valence-corrected chi connectivity index (χ0v) is 26.7. The van der Waals surface area contributed by atoms with Crippen molar-refractivity contribution in [1.82, 2.24) is 14.9 Å². The van der Waals surface area contributed by atoms with Gasteiger partial charge in [-0.2, -0.15) is 0 Å². The predicted octanol–water partition coefficient (Wildman–Crippen LogP) is 7.67. The first-order chi connectivity index (χ1) is 21.7. The van der Waals surface area contributed by atoms with Crippen molar-refractivity contribution in [3.63, 3.8) is 0 Å². The molecule has 0 saturated carbocycles. The second kappa shape index (κ2) is 13.5. The highest BCUT2D eigenvalue weighted by Crippen LogP contribution is 2.43. The summed E-state index contributed by atoms with van der Waals surface area (Å²) in [5.41, 5.74) is 7.52. The van der Waals surface area contributed by atoms with Crippen LogP contribution in [0.2, 0.25) is 0 Å². The first-order valence-corrected chi connectivity index (χ1v) is 15.8. The minimum atomic E-state index is -2.02. The Morgan fingerprint density at radius 2 is 1.62 bits per heavy atom. The van der Waals surface area contributed by atoms with Gasteiger partial charge in [0.25, 0.3) is 9.70 Å². The fourth-order valence-electron chi connectivity index (χ4n) is 5.69. The SMILES string of the molecule is C[C@@H]1[C@H](Cn2cnc3ccccc32)O[C@H](c2cccc(-c3cccc(CNC(=O)C(Cl)(Cl)Cl)c3)c2)O[C@@H]1c1ccc(CO)cc1. The van der Waals surface area contributed by atoms with Crippen LogP contribution in [-0.2, 0) is 34.0 Å². The molecule has 1 aliphatic heterocycles. The summed E-state index contributed by atoms with van der Waals surface area (Å²) in [5.74, 6) is -0.662. The molecule has 5 aromatic rings. The van der Waals surface area contributed by atoms with Crippen molar-refractivity contribution in [2.45, 2.75) is 48.9 Å². The summed E-state index contributed by atoms with van der Waals surface area (Å²) in [6, 6.07) is 31.8. The molecule has 0 unspecified atom stereocenters. The van der Waals surface area contributed by atoms with Gasteiger partial charge in [0.1, 0.15) is 0 Å². The van der Waals surface area contributed by atoms with Crippen LogP contribution in [0.4, 0.5) is 0 Å². The number of hydrogen-bond donors (Lipinski definition) is 2. The van der Waals surface area contributed by atoms with E-state index in [2.05, 4.69) is 33.9 Å². The number of imidazole rings is 1. The van der Waals surface area contributed by atoms with Crippen LogP contribution in [0.3, 0.4) is 0 Å². The van der Waals surface area contributed by atoms with Crippen LogP contribution < -0.4 is 5.32 Å². The molecule has 2 heterocycles. The molecule has 0 bridgehead atoms. The summed E-state index contributed by atoms with van der Waals surface area (Å²) in [4.78, 5) is 16.6. The number of ether oxygens (including phenoxy) is 2. The molecule has 2 N–H and O–H groups in total. The third-order valence-electron chi connectivity index (χ3n) is 8.16. The monoisotopic (exact) mass is 663 g/mol. The number of nitrogens with zero attached hydrogens (tertiary/aromatic N) is 2. The smallest absolute Gasteiger partial charge is 0.272 e. The Morgan fingerprint density at radius 1 is 0.889 bits per heavy atom. The summed E-state index contributed by atoms with van der Waals surface area (Å²) in [6.45, 7) is 2.95. The molecule has 10 heteroatoms. The maximum atomic E-state index is 12.0. The molecule has 0 aliphatic carbocycles. The van der Waals surface area contributed by atoms with Gasteiger partial charge in [0, 0.05) is 18.0 Å². The number of carbonyl (C=O) groups excluding carboxylic acids is 1. The quantitative estimate of drug-likeness (QED) is 0.166. The molecule has 7 nitrogen and oxygen atoms in total. The number of alkyl halides is 3. The van der Waals surface area contributed by atoms with Crippen molar-refractivity contribution in [1.29, 1.82) is 0 Å². The van der Waals surface area contributed by atoms with Gasteiger partial charge in [0.15, 0.2) is 6.29 Å². The molecule has 45 heavy (non-hydrogen) atoms. The summed E-state index contributed by atoms with van der Waals surface area (Å²) >= 11 is 17.1. The lowest BCUT2D eigenvalue weighted by Gasteiger charge is -2.41. The Morgan fingerprint density at radius 3 is 2.38 bits per heavy atom. The molecule has 4 atom stereocenters. The number of rotatable bonds is 8. The number of benzene rings is 4. The first-order valence-electron chi connectivity index (χ1n) is 14.6. The zero-order valence-electron chi connectivity index (χ0n) is 24.4. The van der Waals surface area contributed by atoms with Crippen LogP contribution >= 0.6 is 34.8 Å². The Hall–Kier alpha value is -3.43. The molecule has 6 rings (SSSR count). The lowest BCUT2D eigenvalue weighted by Crippen LogP contribution is -2.39. The van der Waals surface area contributed by atoms with Crippen LogP contribution in [0.1, 0.15) is 41.6 Å². The molecule has 232 valence electrons. The van der Waals surface area contributed by atoms with E-state index in [1.165, 1.54) is 0 Å². The van der Waals surface area contributed by atoms with Gasteiger partial charge in [-0.25, -0.2) is 4.98 Å². The number of nitrogens with one attached hydrogen (secondary N) is 1. The van der Waals surface area contributed by atoms with Crippen molar-refractivity contribution in [2.24, 2.45) is 5.92 Å². The number of carbonyl (C=O) groups is 1. The van der Waals surface area contributed by atoms with Gasteiger partial charge in [-0.15, -0.1) is 0 Å². The van der Waals surface area contributed by atoms with Gasteiger partial charge in [-0.3, -0.25) is 4.79 Å². The molecule has 1 saturated heterocycles. The molecule has 1 amide bonds. The first kappa shape index (κ1) is 31.5. The van der Waals surface area contributed by atoms with E-state index >= 15 is 0 Å².